The highest BCUT2D eigenvalue weighted by atomic mass is 32.2. The molecule has 0 rings (SSSR count). The Balaban J connectivity index is 4.60. The van der Waals surface area contributed by atoms with Crippen molar-refractivity contribution in [3.05, 3.63) is 12.1 Å². The van der Waals surface area contributed by atoms with Crippen molar-refractivity contribution in [3.63, 3.8) is 0 Å². The maximum absolute atomic E-state index is 12.2. The summed E-state index contributed by atoms with van der Waals surface area (Å²) in [6, 6.07) is -2.90. The van der Waals surface area contributed by atoms with Gasteiger partial charge in [0.2, 0.25) is 0 Å². The predicted octanol–water partition coefficient (Wildman–Crippen LogP) is 1.52. The Morgan fingerprint density at radius 3 is 2.00 bits per heavy atom. The lowest BCUT2D eigenvalue weighted by atomic mass is 10.7. The first kappa shape index (κ1) is 13.1. The molecular formula is C4H3F5O4S. The van der Waals surface area contributed by atoms with Crippen molar-refractivity contribution in [2.45, 2.75) is 6.11 Å². The average Bonchev–Trinajstić information content (AvgIpc) is 1.78. The molecule has 0 aromatic rings. The Hall–Kier alpha value is -0.900. The molecule has 0 saturated carbocycles. The topological polar surface area (TPSA) is 63.6 Å². The van der Waals surface area contributed by atoms with Gasteiger partial charge in [-0.05, 0) is 0 Å². The van der Waals surface area contributed by atoms with Gasteiger partial charge in [0.1, 0.15) is 0 Å². The second-order valence-corrected chi connectivity index (χ2v) is 3.45. The maximum Gasteiger partial charge on any atom is 0.416 e. The average molecular weight is 242 g/mol. The fourth-order valence-corrected chi connectivity index (χ4v) is 0.895. The summed E-state index contributed by atoms with van der Waals surface area (Å²) in [7, 11) is -5.16. The zero-order chi connectivity index (χ0) is 11.6. The third-order valence-electron chi connectivity index (χ3n) is 0.738. The Bertz CT molecular complexity index is 330. The zero-order valence-electron chi connectivity index (χ0n) is 6.18. The Kier molecular flexibility index (Phi) is 3.82. The Labute approximate surface area is 74.7 Å². The van der Waals surface area contributed by atoms with E-state index >= 15 is 0 Å². The monoisotopic (exact) mass is 242 g/mol. The summed E-state index contributed by atoms with van der Waals surface area (Å²) in [5, 5.41) is 0. The molecule has 0 aliphatic rings. The molecule has 0 amide bonds. The van der Waals surface area contributed by atoms with E-state index in [9.17, 15) is 30.4 Å². The molecule has 0 spiro atoms. The van der Waals surface area contributed by atoms with Crippen LogP contribution in [0.3, 0.4) is 0 Å². The first-order valence-electron chi connectivity index (χ1n) is 2.76. The minimum Gasteiger partial charge on any atom is -0.401 e. The van der Waals surface area contributed by atoms with Crippen LogP contribution in [0.25, 0.3) is 0 Å². The summed E-state index contributed by atoms with van der Waals surface area (Å²) < 4.78 is 88.8. The van der Waals surface area contributed by atoms with Crippen LogP contribution < -0.4 is 0 Å². The second kappa shape index (κ2) is 4.09. The van der Waals surface area contributed by atoms with Gasteiger partial charge in [0.05, 0.1) is 0 Å². The SMILES string of the molecule is O=S(=O)(O)CC(F)(F)OC(F)=C(F)F. The molecule has 1 N–H and O–H groups in total. The molecule has 0 fully saturated rings. The predicted molar refractivity (Wildman–Crippen MR) is 32.8 cm³/mol. The fourth-order valence-electron chi connectivity index (χ4n) is 0.411. The zero-order valence-corrected chi connectivity index (χ0v) is 6.99. The lowest BCUT2D eigenvalue weighted by Crippen LogP contribution is -2.30. The summed E-state index contributed by atoms with van der Waals surface area (Å²) in [6.07, 6.45) is -7.93. The van der Waals surface area contributed by atoms with Gasteiger partial charge >= 0.3 is 18.2 Å². The Morgan fingerprint density at radius 1 is 1.29 bits per heavy atom. The highest BCUT2D eigenvalue weighted by Gasteiger charge is 2.39. The smallest absolute Gasteiger partial charge is 0.401 e. The molecule has 0 aliphatic heterocycles. The molecule has 0 aromatic heterocycles. The molecule has 0 aliphatic carbocycles. The van der Waals surface area contributed by atoms with Crippen LogP contribution in [0.4, 0.5) is 22.0 Å². The van der Waals surface area contributed by atoms with Crippen LogP contribution >= 0.6 is 0 Å². The maximum atomic E-state index is 12.2. The number of alkyl halides is 2. The van der Waals surface area contributed by atoms with E-state index in [2.05, 4.69) is 4.74 Å². The van der Waals surface area contributed by atoms with E-state index in [1.54, 1.807) is 0 Å². The summed E-state index contributed by atoms with van der Waals surface area (Å²) >= 11 is 0. The number of rotatable bonds is 4. The van der Waals surface area contributed by atoms with Crippen molar-refractivity contribution in [2.75, 3.05) is 5.75 Å². The lowest BCUT2D eigenvalue weighted by Gasteiger charge is -2.13. The second-order valence-electron chi connectivity index (χ2n) is 2.00. The number of ether oxygens (including phenoxy) is 1. The fraction of sp³-hybridized carbons (Fsp3) is 0.500. The third kappa shape index (κ3) is 5.70. The lowest BCUT2D eigenvalue weighted by molar-refractivity contribution is -0.211. The van der Waals surface area contributed by atoms with Gasteiger partial charge in [0.25, 0.3) is 10.1 Å². The largest absolute Gasteiger partial charge is 0.416 e. The highest BCUT2D eigenvalue weighted by Crippen LogP contribution is 2.24. The van der Waals surface area contributed by atoms with E-state index in [-0.39, 0.29) is 0 Å². The molecular weight excluding hydrogens is 239 g/mol. The van der Waals surface area contributed by atoms with Crippen LogP contribution in [-0.4, -0.2) is 24.8 Å². The molecule has 0 heterocycles. The highest BCUT2D eigenvalue weighted by molar-refractivity contribution is 7.85. The molecule has 4 nitrogen and oxygen atoms in total. The van der Waals surface area contributed by atoms with Crippen LogP contribution in [0, 0.1) is 0 Å². The van der Waals surface area contributed by atoms with Gasteiger partial charge in [-0.15, -0.1) is 0 Å². The number of hydrogen-bond donors (Lipinski definition) is 1. The Morgan fingerprint density at radius 2 is 1.71 bits per heavy atom. The van der Waals surface area contributed by atoms with Gasteiger partial charge in [-0.25, -0.2) is 0 Å². The van der Waals surface area contributed by atoms with Crippen molar-refractivity contribution >= 4 is 10.1 Å². The first-order chi connectivity index (χ1) is 6.03. The summed E-state index contributed by atoms with van der Waals surface area (Å²) in [6.45, 7) is 0. The number of hydrogen-bond acceptors (Lipinski definition) is 3. The van der Waals surface area contributed by atoms with Crippen molar-refractivity contribution in [2.24, 2.45) is 0 Å². The van der Waals surface area contributed by atoms with E-state index in [4.69, 9.17) is 4.55 Å². The molecule has 0 atom stereocenters. The summed E-state index contributed by atoms with van der Waals surface area (Å²) in [4.78, 5) is 0. The van der Waals surface area contributed by atoms with Crippen molar-refractivity contribution in [3.8, 4) is 0 Å². The molecule has 14 heavy (non-hydrogen) atoms. The van der Waals surface area contributed by atoms with Gasteiger partial charge in [-0.1, -0.05) is 0 Å². The van der Waals surface area contributed by atoms with Crippen molar-refractivity contribution in [1.29, 1.82) is 0 Å². The van der Waals surface area contributed by atoms with E-state index in [0.717, 1.165) is 0 Å². The molecule has 0 saturated heterocycles. The van der Waals surface area contributed by atoms with Gasteiger partial charge in [0, 0.05) is 0 Å². The normalized spacial score (nSPS) is 12.4. The van der Waals surface area contributed by atoms with Crippen LogP contribution in [-0.2, 0) is 14.9 Å². The van der Waals surface area contributed by atoms with E-state index in [1.165, 1.54) is 0 Å². The van der Waals surface area contributed by atoms with Gasteiger partial charge < -0.3 is 4.74 Å². The quantitative estimate of drug-likeness (QED) is 0.461. The molecule has 84 valence electrons. The van der Waals surface area contributed by atoms with Crippen molar-refractivity contribution < 1.29 is 39.7 Å². The third-order valence-corrected chi connectivity index (χ3v) is 1.44. The van der Waals surface area contributed by atoms with E-state index in [1.807, 2.05) is 0 Å². The molecule has 0 unspecified atom stereocenters. The van der Waals surface area contributed by atoms with E-state index < -0.39 is 34.1 Å². The molecule has 0 radical (unpaired) electrons. The molecule has 0 aromatic carbocycles. The van der Waals surface area contributed by atoms with Crippen molar-refractivity contribution in [1.82, 2.24) is 0 Å². The van der Waals surface area contributed by atoms with E-state index in [0.29, 0.717) is 0 Å². The summed E-state index contributed by atoms with van der Waals surface area (Å²) in [5.41, 5.74) is 0. The van der Waals surface area contributed by atoms with Gasteiger partial charge in [-0.2, -0.15) is 30.4 Å². The summed E-state index contributed by atoms with van der Waals surface area (Å²) in [5.74, 6) is -2.32. The first-order valence-corrected chi connectivity index (χ1v) is 4.37. The van der Waals surface area contributed by atoms with Crippen LogP contribution in [0.2, 0.25) is 0 Å². The minimum absolute atomic E-state index is 2.32. The molecule has 0 bridgehead atoms. The van der Waals surface area contributed by atoms with Crippen LogP contribution in [0.1, 0.15) is 0 Å². The van der Waals surface area contributed by atoms with Crippen LogP contribution in [0.5, 0.6) is 0 Å². The van der Waals surface area contributed by atoms with Crippen LogP contribution in [0.15, 0.2) is 12.1 Å². The number of halogens is 5. The standard InChI is InChI=1S/C4H3F5O4S/c5-2(6)3(7)13-4(8,9)1-14(10,11)12/h1H2,(H,10,11,12). The van der Waals surface area contributed by atoms with Gasteiger partial charge in [0.15, 0.2) is 5.75 Å². The minimum atomic E-state index is -5.16. The molecule has 10 heteroatoms. The van der Waals surface area contributed by atoms with Gasteiger partial charge in [-0.3, -0.25) is 4.55 Å².